The molecule has 0 aliphatic carbocycles. The van der Waals surface area contributed by atoms with Crippen LogP contribution in [0, 0.1) is 17.0 Å². The Balaban J connectivity index is 2.57. The summed E-state index contributed by atoms with van der Waals surface area (Å²) in [6.45, 7) is 7.33. The number of hydrogen-bond donors (Lipinski definition) is 1. The van der Waals surface area contributed by atoms with Crippen LogP contribution in [0.25, 0.3) is 0 Å². The van der Waals surface area contributed by atoms with Crippen LogP contribution >= 0.6 is 0 Å². The molecule has 9 heteroatoms. The molecule has 0 saturated carbocycles. The maximum atomic E-state index is 13.3. The number of carbonyl (C=O) groups excluding carboxylic acids is 1. The van der Waals surface area contributed by atoms with Crippen LogP contribution in [0.4, 0.5) is 17.1 Å². The summed E-state index contributed by atoms with van der Waals surface area (Å²) in [6, 6.07) is 8.71. The first-order valence-electron chi connectivity index (χ1n) is 10.2. The van der Waals surface area contributed by atoms with Crippen LogP contribution in [-0.2, 0) is 27.7 Å². The molecule has 0 saturated heterocycles. The van der Waals surface area contributed by atoms with Gasteiger partial charge in [-0.05, 0) is 42.9 Å². The number of rotatable bonds is 9. The molecule has 0 heterocycles. The smallest absolute Gasteiger partial charge is 0.271 e. The fraction of sp³-hybridized carbons (Fsp3) is 0.409. The second-order valence-electron chi connectivity index (χ2n) is 7.36. The van der Waals surface area contributed by atoms with Crippen LogP contribution in [0.5, 0.6) is 0 Å². The zero-order chi connectivity index (χ0) is 23.3. The number of benzene rings is 2. The molecule has 0 bridgehead atoms. The summed E-state index contributed by atoms with van der Waals surface area (Å²) < 4.78 is 26.5. The van der Waals surface area contributed by atoms with Crippen LogP contribution < -0.4 is 9.62 Å². The quantitative estimate of drug-likeness (QED) is 0.457. The van der Waals surface area contributed by atoms with E-state index in [4.69, 9.17) is 0 Å². The Morgan fingerprint density at radius 1 is 1.13 bits per heavy atom. The van der Waals surface area contributed by atoms with Crippen molar-refractivity contribution in [3.05, 3.63) is 63.2 Å². The molecule has 0 spiro atoms. The van der Waals surface area contributed by atoms with Gasteiger partial charge in [-0.2, -0.15) is 0 Å². The molecule has 8 nitrogen and oxygen atoms in total. The molecule has 1 unspecified atom stereocenters. The van der Waals surface area contributed by atoms with E-state index in [2.05, 4.69) is 5.32 Å². The fourth-order valence-corrected chi connectivity index (χ4v) is 4.85. The fourth-order valence-electron chi connectivity index (χ4n) is 3.59. The molecule has 0 radical (unpaired) electrons. The van der Waals surface area contributed by atoms with Crippen molar-refractivity contribution in [2.24, 2.45) is 0 Å². The summed E-state index contributed by atoms with van der Waals surface area (Å²) in [6.07, 6.45) is 2.61. The van der Waals surface area contributed by atoms with Gasteiger partial charge in [0.1, 0.15) is 6.04 Å². The van der Waals surface area contributed by atoms with Gasteiger partial charge < -0.3 is 5.32 Å². The first kappa shape index (κ1) is 24.3. The van der Waals surface area contributed by atoms with Crippen molar-refractivity contribution < 1.29 is 18.1 Å². The lowest BCUT2D eigenvalue weighted by Crippen LogP contribution is -2.47. The Morgan fingerprint density at radius 2 is 1.71 bits per heavy atom. The van der Waals surface area contributed by atoms with E-state index < -0.39 is 26.9 Å². The number of hydrogen-bond acceptors (Lipinski definition) is 5. The number of nitro groups is 1. The second kappa shape index (κ2) is 9.91. The Labute approximate surface area is 183 Å². The standard InChI is InChI=1S/C22H29N3O5S/c1-6-16-10-9-11-17(7-2)21(16)23-22(26)19(8-3)24(31(5,29)30)20-14-18(25(27)28)13-12-15(20)4/h9-14,19H,6-8H2,1-5H3,(H,23,26). The molecular weight excluding hydrogens is 418 g/mol. The molecule has 31 heavy (non-hydrogen) atoms. The molecule has 0 aromatic heterocycles. The number of nitro benzene ring substituents is 1. The average Bonchev–Trinajstić information content (AvgIpc) is 2.71. The number of carbonyl (C=O) groups is 1. The second-order valence-corrected chi connectivity index (χ2v) is 9.22. The SMILES string of the molecule is CCc1cccc(CC)c1NC(=O)C(CC)N(c1cc([N+](=O)[O-])ccc1C)S(C)(=O)=O. The van der Waals surface area contributed by atoms with Crippen LogP contribution in [0.3, 0.4) is 0 Å². The largest absolute Gasteiger partial charge is 0.324 e. The molecule has 0 aliphatic rings. The number of para-hydroxylation sites is 1. The zero-order valence-corrected chi connectivity index (χ0v) is 19.3. The van der Waals surface area contributed by atoms with E-state index >= 15 is 0 Å². The van der Waals surface area contributed by atoms with Crippen molar-refractivity contribution >= 4 is 33.0 Å². The van der Waals surface area contributed by atoms with E-state index in [0.717, 1.165) is 21.7 Å². The summed E-state index contributed by atoms with van der Waals surface area (Å²) in [7, 11) is -3.91. The van der Waals surface area contributed by atoms with E-state index in [9.17, 15) is 23.3 Å². The van der Waals surface area contributed by atoms with E-state index in [1.165, 1.54) is 18.2 Å². The molecular formula is C22H29N3O5S. The highest BCUT2D eigenvalue weighted by molar-refractivity contribution is 7.92. The summed E-state index contributed by atoms with van der Waals surface area (Å²) in [4.78, 5) is 24.0. The molecule has 2 rings (SSSR count). The molecule has 1 atom stereocenters. The molecule has 2 aromatic rings. The predicted molar refractivity (Wildman–Crippen MR) is 123 cm³/mol. The van der Waals surface area contributed by atoms with E-state index in [0.29, 0.717) is 24.1 Å². The Kier molecular flexibility index (Phi) is 7.78. The van der Waals surface area contributed by atoms with Crippen molar-refractivity contribution in [2.45, 2.75) is 53.0 Å². The lowest BCUT2D eigenvalue weighted by Gasteiger charge is -2.31. The van der Waals surface area contributed by atoms with Gasteiger partial charge in [0.15, 0.2) is 0 Å². The summed E-state index contributed by atoms with van der Waals surface area (Å²) in [5.41, 5.74) is 3.01. The molecule has 168 valence electrons. The molecule has 1 amide bonds. The third-order valence-corrected chi connectivity index (χ3v) is 6.38. The number of nitrogens with one attached hydrogen (secondary N) is 1. The normalized spacial score (nSPS) is 12.3. The number of anilines is 2. The van der Waals surface area contributed by atoms with Crippen LogP contribution in [0.1, 0.15) is 43.9 Å². The van der Waals surface area contributed by atoms with Gasteiger partial charge in [-0.15, -0.1) is 0 Å². The minimum atomic E-state index is -3.91. The number of amides is 1. The molecule has 2 aromatic carbocycles. The predicted octanol–water partition coefficient (Wildman–Crippen LogP) is 4.21. The Bertz CT molecular complexity index is 1060. The molecule has 1 N–H and O–H groups in total. The van der Waals surface area contributed by atoms with E-state index in [-0.39, 0.29) is 17.8 Å². The maximum Gasteiger partial charge on any atom is 0.271 e. The van der Waals surface area contributed by atoms with Gasteiger partial charge >= 0.3 is 0 Å². The van der Waals surface area contributed by atoms with Crippen molar-refractivity contribution in [1.29, 1.82) is 0 Å². The van der Waals surface area contributed by atoms with Crippen molar-refractivity contribution in [2.75, 3.05) is 15.9 Å². The molecule has 0 aliphatic heterocycles. The van der Waals surface area contributed by atoms with Gasteiger partial charge in [-0.3, -0.25) is 19.2 Å². The van der Waals surface area contributed by atoms with Gasteiger partial charge in [0.05, 0.1) is 16.9 Å². The summed E-state index contributed by atoms with van der Waals surface area (Å²) >= 11 is 0. The lowest BCUT2D eigenvalue weighted by molar-refractivity contribution is -0.384. The van der Waals surface area contributed by atoms with Gasteiger partial charge in [0, 0.05) is 17.8 Å². The minimum absolute atomic E-state index is 0.123. The summed E-state index contributed by atoms with van der Waals surface area (Å²) in [5, 5.41) is 14.2. The van der Waals surface area contributed by atoms with Gasteiger partial charge in [-0.1, -0.05) is 45.0 Å². The highest BCUT2D eigenvalue weighted by Crippen LogP contribution is 2.31. The summed E-state index contributed by atoms with van der Waals surface area (Å²) in [5.74, 6) is -0.477. The van der Waals surface area contributed by atoms with Gasteiger partial charge in [0.2, 0.25) is 15.9 Å². The maximum absolute atomic E-state index is 13.3. The highest BCUT2D eigenvalue weighted by atomic mass is 32.2. The first-order valence-corrected chi connectivity index (χ1v) is 12.1. The monoisotopic (exact) mass is 447 g/mol. The van der Waals surface area contributed by atoms with E-state index in [1.54, 1.807) is 13.8 Å². The van der Waals surface area contributed by atoms with Crippen LogP contribution in [0.15, 0.2) is 36.4 Å². The third kappa shape index (κ3) is 5.41. The van der Waals surface area contributed by atoms with Gasteiger partial charge in [0.25, 0.3) is 5.69 Å². The van der Waals surface area contributed by atoms with E-state index in [1.807, 2.05) is 32.0 Å². The Hall–Kier alpha value is -2.94. The lowest BCUT2D eigenvalue weighted by atomic mass is 10.0. The third-order valence-electron chi connectivity index (χ3n) is 5.22. The van der Waals surface area contributed by atoms with Gasteiger partial charge in [-0.25, -0.2) is 8.42 Å². The first-order chi connectivity index (χ1) is 14.5. The van der Waals surface area contributed by atoms with Crippen LogP contribution in [0.2, 0.25) is 0 Å². The van der Waals surface area contributed by atoms with Crippen molar-refractivity contribution in [3.8, 4) is 0 Å². The average molecular weight is 448 g/mol. The number of non-ortho nitro benzene ring substituents is 1. The molecule has 0 fully saturated rings. The topological polar surface area (TPSA) is 110 Å². The highest BCUT2D eigenvalue weighted by Gasteiger charge is 2.33. The number of aryl methyl sites for hydroxylation is 3. The van der Waals surface area contributed by atoms with Crippen LogP contribution in [-0.4, -0.2) is 31.5 Å². The number of sulfonamides is 1. The Morgan fingerprint density at radius 3 is 2.16 bits per heavy atom. The van der Waals surface area contributed by atoms with Crippen molar-refractivity contribution in [3.63, 3.8) is 0 Å². The number of nitrogens with zero attached hydrogens (tertiary/aromatic N) is 2. The zero-order valence-electron chi connectivity index (χ0n) is 18.5. The van der Waals surface area contributed by atoms with Crippen molar-refractivity contribution in [1.82, 2.24) is 0 Å². The minimum Gasteiger partial charge on any atom is -0.324 e.